The fourth-order valence-electron chi connectivity index (χ4n) is 10.6. The minimum Gasteiger partial charge on any atom is -0.455 e. The van der Waals surface area contributed by atoms with Gasteiger partial charge in [0.1, 0.15) is 16.7 Å². The number of amides is 5. The zero-order chi connectivity index (χ0) is 57.9. The molecule has 5 rings (SSSR count). The first-order chi connectivity index (χ1) is 37.6. The summed E-state index contributed by atoms with van der Waals surface area (Å²) in [6.45, 7) is 15.3. The molecule has 3 heterocycles. The van der Waals surface area contributed by atoms with Crippen LogP contribution in [0.5, 0.6) is 0 Å². The minimum absolute atomic E-state index is 0.0289. The van der Waals surface area contributed by atoms with Gasteiger partial charge in [0.15, 0.2) is 17.7 Å². The van der Waals surface area contributed by atoms with Crippen LogP contribution in [-0.2, 0) is 44.7 Å². The van der Waals surface area contributed by atoms with Gasteiger partial charge in [-0.1, -0.05) is 103 Å². The molecule has 0 aliphatic carbocycles. The quantitative estimate of drug-likeness (QED) is 0.0385. The average molecular weight is 1150 g/mol. The Labute approximate surface area is 483 Å². The van der Waals surface area contributed by atoms with Crippen LogP contribution < -0.4 is 5.32 Å². The molecule has 3 aromatic rings. The summed E-state index contributed by atoms with van der Waals surface area (Å²) >= 11 is 6.79. The number of ether oxygens (including phenoxy) is 1. The lowest BCUT2D eigenvalue weighted by molar-refractivity contribution is -0.149. The van der Waals surface area contributed by atoms with Gasteiger partial charge in [-0.25, -0.2) is 4.98 Å². The van der Waals surface area contributed by atoms with Crippen molar-refractivity contribution < 1.29 is 43.1 Å². The predicted molar refractivity (Wildman–Crippen MR) is 315 cm³/mol. The van der Waals surface area contributed by atoms with E-state index in [-0.39, 0.29) is 90.2 Å². The van der Waals surface area contributed by atoms with Gasteiger partial charge in [-0.3, -0.25) is 43.3 Å². The number of ketones is 2. The SMILES string of the molecule is CC[C@H](C)C(CC(=O)C1CCCCN1C)C(=O)N(C)[C@H](C[C@@H](OC(C)=O)c1nc(C(=O)N(C)[C@@H](CSc2ccccc2)C(=O)C[C@H](C(=O)N[C@@H](Cc2ccccc2)C(=O)N2CCN(C(=O)CCCS)CC2)C(C)C)cs1)C(C)C. The van der Waals surface area contributed by atoms with Gasteiger partial charge in [0, 0.05) is 113 Å². The molecular formula is C60H87N7O9S3. The standard InChI is InChI=1S/C60H87N7O9S3/c1-11-41(6)46(35-52(69)49-25-18-19-27-63(49)8)58(73)64(9)50(40(4)5)36-54(76-42(7)68)57-62-48(37-79-57)59(74)65(10)51(38-78-44-23-16-13-17-24-44)53(70)34-45(39(2)3)56(72)61-47(33-43-21-14-12-15-22-43)60(75)67-30-28-66(29-31-67)55(71)26-20-32-77/h12-17,21-24,37,39-41,45-47,49-51,54,77H,11,18-20,25-36,38H2,1-10H3,(H,61,72)/t41-,45-,46?,47-,49?,50+,51-,54+/m0/s1. The van der Waals surface area contributed by atoms with E-state index in [4.69, 9.17) is 9.72 Å². The van der Waals surface area contributed by atoms with Crippen molar-refractivity contribution in [3.8, 4) is 0 Å². The Bertz CT molecular complexity index is 2490. The van der Waals surface area contributed by atoms with Crippen molar-refractivity contribution in [2.75, 3.05) is 65.4 Å². The van der Waals surface area contributed by atoms with E-state index in [1.165, 1.54) is 23.6 Å². The molecule has 79 heavy (non-hydrogen) atoms. The van der Waals surface area contributed by atoms with E-state index in [1.807, 2.05) is 109 Å². The van der Waals surface area contributed by atoms with Crippen LogP contribution in [0, 0.1) is 29.6 Å². The van der Waals surface area contributed by atoms with E-state index in [2.05, 4.69) is 22.8 Å². The van der Waals surface area contributed by atoms with Crippen molar-refractivity contribution in [2.24, 2.45) is 29.6 Å². The lowest BCUT2D eigenvalue weighted by Gasteiger charge is -2.37. The molecule has 2 aliphatic heterocycles. The Kier molecular flexibility index (Phi) is 26.0. The van der Waals surface area contributed by atoms with E-state index in [9.17, 15) is 38.4 Å². The number of likely N-dealkylation sites (N-methyl/N-ethyl adjacent to an activating group) is 2. The predicted octanol–water partition coefficient (Wildman–Crippen LogP) is 8.30. The molecule has 2 unspecified atom stereocenters. The van der Waals surface area contributed by atoms with Crippen molar-refractivity contribution in [2.45, 2.75) is 148 Å². The summed E-state index contributed by atoms with van der Waals surface area (Å²) in [5, 5.41) is 4.97. The van der Waals surface area contributed by atoms with Crippen LogP contribution in [0.2, 0.25) is 0 Å². The number of esters is 1. The third-order valence-corrected chi connectivity index (χ3v) is 18.2. The molecular weight excluding hydrogens is 1060 g/mol. The van der Waals surface area contributed by atoms with Crippen LogP contribution >= 0.6 is 35.7 Å². The molecule has 2 aromatic carbocycles. The first-order valence-electron chi connectivity index (χ1n) is 28.3. The van der Waals surface area contributed by atoms with Gasteiger partial charge in [-0.05, 0) is 74.1 Å². The number of nitrogens with zero attached hydrogens (tertiary/aromatic N) is 6. The first kappa shape index (κ1) is 64.7. The van der Waals surface area contributed by atoms with Crippen LogP contribution in [0.15, 0.2) is 70.9 Å². The van der Waals surface area contributed by atoms with Crippen molar-refractivity contribution in [3.63, 3.8) is 0 Å². The number of likely N-dealkylation sites (tertiary alicyclic amines) is 1. The molecule has 5 amide bonds. The lowest BCUT2D eigenvalue weighted by atomic mass is 9.83. The minimum atomic E-state index is -1.01. The number of piperazine rings is 1. The van der Waals surface area contributed by atoms with Crippen LogP contribution in [-0.4, -0.2) is 166 Å². The number of piperidine rings is 1. The fraction of sp³-hybridized carbons (Fsp3) is 0.617. The van der Waals surface area contributed by atoms with E-state index < -0.39 is 53.8 Å². The van der Waals surface area contributed by atoms with E-state index in [0.29, 0.717) is 49.8 Å². The van der Waals surface area contributed by atoms with Crippen LogP contribution in [0.25, 0.3) is 0 Å². The third-order valence-electron chi connectivity index (χ3n) is 15.9. The van der Waals surface area contributed by atoms with Crippen molar-refractivity contribution >= 4 is 82.8 Å². The second kappa shape index (κ2) is 31.8. The third kappa shape index (κ3) is 18.7. The number of thioether (sulfide) groups is 1. The number of Topliss-reactive ketones (excluding diaryl/α,β-unsaturated/α-hetero) is 2. The fourth-order valence-corrected chi connectivity index (χ4v) is 12.7. The molecule has 0 spiro atoms. The Morgan fingerprint density at radius 1 is 0.835 bits per heavy atom. The summed E-state index contributed by atoms with van der Waals surface area (Å²) in [6.07, 6.45) is 4.00. The van der Waals surface area contributed by atoms with Crippen LogP contribution in [0.4, 0.5) is 0 Å². The highest BCUT2D eigenvalue weighted by Gasteiger charge is 2.40. The molecule has 1 N–H and O–H groups in total. The lowest BCUT2D eigenvalue weighted by Crippen LogP contribution is -2.57. The number of carbonyl (C=O) groups is 8. The number of benzene rings is 2. The number of hydrogen-bond acceptors (Lipinski definition) is 14. The Morgan fingerprint density at radius 3 is 2.08 bits per heavy atom. The van der Waals surface area contributed by atoms with Gasteiger partial charge in [0.05, 0.1) is 12.1 Å². The number of hydrogen-bond donors (Lipinski definition) is 2. The van der Waals surface area contributed by atoms with Gasteiger partial charge in [-0.15, -0.1) is 23.1 Å². The zero-order valence-electron chi connectivity index (χ0n) is 48.3. The monoisotopic (exact) mass is 1150 g/mol. The van der Waals surface area contributed by atoms with Crippen molar-refractivity contribution in [1.82, 2.24) is 34.8 Å². The van der Waals surface area contributed by atoms with Gasteiger partial charge < -0.3 is 29.7 Å². The van der Waals surface area contributed by atoms with Gasteiger partial charge in [-0.2, -0.15) is 12.6 Å². The smallest absolute Gasteiger partial charge is 0.303 e. The van der Waals surface area contributed by atoms with Crippen molar-refractivity contribution in [1.29, 1.82) is 0 Å². The summed E-state index contributed by atoms with van der Waals surface area (Å²) in [5.41, 5.74) is 0.889. The van der Waals surface area contributed by atoms with E-state index in [0.717, 1.165) is 54.0 Å². The number of aromatic nitrogens is 1. The van der Waals surface area contributed by atoms with Gasteiger partial charge in [0.2, 0.25) is 23.6 Å². The highest BCUT2D eigenvalue weighted by molar-refractivity contribution is 7.99. The number of thiol groups is 1. The van der Waals surface area contributed by atoms with Gasteiger partial charge in [0.25, 0.3) is 5.91 Å². The summed E-state index contributed by atoms with van der Waals surface area (Å²) in [7, 11) is 5.27. The summed E-state index contributed by atoms with van der Waals surface area (Å²) in [5.74, 6) is -3.29. The maximum absolute atomic E-state index is 14.8. The second-order valence-corrected chi connectivity index (χ2v) is 24.6. The molecule has 16 nitrogen and oxygen atoms in total. The van der Waals surface area contributed by atoms with Crippen LogP contribution in [0.1, 0.15) is 133 Å². The molecule has 0 radical (unpaired) electrons. The first-order valence-corrected chi connectivity index (χ1v) is 30.8. The Balaban J connectivity index is 1.36. The second-order valence-electron chi connectivity index (χ2n) is 22.2. The average Bonchev–Trinajstić information content (AvgIpc) is 3.95. The van der Waals surface area contributed by atoms with E-state index >= 15 is 0 Å². The molecule has 0 saturated carbocycles. The molecule has 2 saturated heterocycles. The summed E-state index contributed by atoms with van der Waals surface area (Å²) in [4.78, 5) is 127. The number of carbonyl (C=O) groups excluding carboxylic acids is 8. The molecule has 2 aliphatic rings. The Morgan fingerprint density at radius 2 is 1.48 bits per heavy atom. The van der Waals surface area contributed by atoms with Gasteiger partial charge >= 0.3 is 5.97 Å². The van der Waals surface area contributed by atoms with Crippen LogP contribution in [0.3, 0.4) is 0 Å². The largest absolute Gasteiger partial charge is 0.455 e. The molecule has 2 fully saturated rings. The molecule has 0 bridgehead atoms. The number of nitrogens with one attached hydrogen (secondary N) is 1. The number of rotatable bonds is 29. The molecule has 8 atom stereocenters. The normalized spacial score (nSPS) is 17.7. The molecule has 19 heteroatoms. The van der Waals surface area contributed by atoms with E-state index in [1.54, 1.807) is 34.2 Å². The highest BCUT2D eigenvalue weighted by atomic mass is 32.2. The summed E-state index contributed by atoms with van der Waals surface area (Å²) in [6, 6.07) is 16.3. The maximum Gasteiger partial charge on any atom is 0.303 e. The Hall–Kier alpha value is -5.11. The topological polar surface area (TPSA) is 187 Å². The number of thiazole rings is 1. The summed E-state index contributed by atoms with van der Waals surface area (Å²) < 4.78 is 5.93. The van der Waals surface area contributed by atoms with Crippen molar-refractivity contribution in [3.05, 3.63) is 82.3 Å². The maximum atomic E-state index is 14.8. The molecule has 434 valence electrons. The molecule has 1 aromatic heterocycles. The zero-order valence-corrected chi connectivity index (χ0v) is 50.8. The highest BCUT2D eigenvalue weighted by Crippen LogP contribution is 2.34.